The molecule has 0 spiro atoms. The maximum absolute atomic E-state index is 6.16. The molecule has 1 N–H and O–H groups in total. The van der Waals surface area contributed by atoms with Crippen molar-refractivity contribution < 1.29 is 4.52 Å². The van der Waals surface area contributed by atoms with Crippen molar-refractivity contribution in [2.24, 2.45) is 0 Å². The molecule has 0 aliphatic rings. The number of aromatic amines is 1. The van der Waals surface area contributed by atoms with E-state index in [1.165, 1.54) is 5.56 Å². The van der Waals surface area contributed by atoms with Gasteiger partial charge in [-0.1, -0.05) is 35.8 Å². The minimum absolute atomic E-state index is 0.248. The van der Waals surface area contributed by atoms with Gasteiger partial charge in [0.1, 0.15) is 0 Å². The molecular weight excluding hydrogens is 300 g/mol. The summed E-state index contributed by atoms with van der Waals surface area (Å²) in [5.41, 5.74) is 4.08. The van der Waals surface area contributed by atoms with E-state index in [0.717, 1.165) is 17.0 Å². The Labute approximate surface area is 133 Å². The zero-order chi connectivity index (χ0) is 15.7. The minimum atomic E-state index is 0.248. The first-order valence-corrected chi connectivity index (χ1v) is 7.53. The Morgan fingerprint density at radius 2 is 2.05 bits per heavy atom. The monoisotopic (exact) mass is 316 g/mol. The number of hydrogen-bond donors (Lipinski definition) is 1. The van der Waals surface area contributed by atoms with Crippen molar-refractivity contribution in [1.82, 2.24) is 20.3 Å². The Morgan fingerprint density at radius 3 is 2.73 bits per heavy atom. The van der Waals surface area contributed by atoms with Gasteiger partial charge in [0.05, 0.1) is 10.7 Å². The first-order valence-electron chi connectivity index (χ1n) is 7.15. The molecule has 1 atom stereocenters. The quantitative estimate of drug-likeness (QED) is 0.787. The predicted molar refractivity (Wildman–Crippen MR) is 84.9 cm³/mol. The summed E-state index contributed by atoms with van der Waals surface area (Å²) in [6.07, 6.45) is 0.665. The first-order chi connectivity index (χ1) is 10.6. The Balaban J connectivity index is 1.82. The molecule has 1 aromatic carbocycles. The van der Waals surface area contributed by atoms with Crippen LogP contribution in [0.5, 0.6) is 0 Å². The van der Waals surface area contributed by atoms with Crippen LogP contribution in [0.15, 0.2) is 28.8 Å². The van der Waals surface area contributed by atoms with Crippen molar-refractivity contribution in [1.29, 1.82) is 0 Å². The van der Waals surface area contributed by atoms with Crippen molar-refractivity contribution in [2.75, 3.05) is 0 Å². The zero-order valence-corrected chi connectivity index (χ0v) is 13.5. The second kappa shape index (κ2) is 5.93. The number of aromatic nitrogens is 4. The number of aryl methyl sites for hydroxylation is 2. The van der Waals surface area contributed by atoms with E-state index in [-0.39, 0.29) is 5.92 Å². The molecule has 1 unspecified atom stereocenters. The highest BCUT2D eigenvalue weighted by atomic mass is 35.5. The summed E-state index contributed by atoms with van der Waals surface area (Å²) >= 11 is 6.16. The van der Waals surface area contributed by atoms with Crippen molar-refractivity contribution in [3.8, 4) is 11.4 Å². The summed E-state index contributed by atoms with van der Waals surface area (Å²) in [7, 11) is 0. The predicted octanol–water partition coefficient (Wildman–Crippen LogP) is 4.08. The van der Waals surface area contributed by atoms with Gasteiger partial charge >= 0.3 is 0 Å². The molecule has 0 fully saturated rings. The van der Waals surface area contributed by atoms with Crippen molar-refractivity contribution in [3.63, 3.8) is 0 Å². The summed E-state index contributed by atoms with van der Waals surface area (Å²) in [5.74, 6) is 1.37. The van der Waals surface area contributed by atoms with E-state index in [4.69, 9.17) is 16.1 Å². The number of H-pyrrole nitrogens is 1. The Kier molecular flexibility index (Phi) is 3.98. The maximum Gasteiger partial charge on any atom is 0.227 e. The third kappa shape index (κ3) is 2.76. The Hall–Kier alpha value is -2.14. The number of halogens is 1. The molecule has 3 rings (SSSR count). The van der Waals surface area contributed by atoms with Crippen molar-refractivity contribution in [3.05, 3.63) is 52.1 Å². The largest absolute Gasteiger partial charge is 0.339 e. The average Bonchev–Trinajstić information content (AvgIpc) is 3.06. The maximum atomic E-state index is 6.16. The van der Waals surface area contributed by atoms with E-state index in [2.05, 4.69) is 27.3 Å². The minimum Gasteiger partial charge on any atom is -0.339 e. The normalized spacial score (nSPS) is 12.5. The van der Waals surface area contributed by atoms with Crippen LogP contribution in [-0.2, 0) is 6.42 Å². The summed E-state index contributed by atoms with van der Waals surface area (Å²) in [6, 6.07) is 7.47. The number of rotatable bonds is 4. The smallest absolute Gasteiger partial charge is 0.227 e. The second-order valence-corrected chi connectivity index (χ2v) is 5.85. The molecular formula is C16H17ClN4O. The lowest BCUT2D eigenvalue weighted by atomic mass is 9.96. The van der Waals surface area contributed by atoms with Gasteiger partial charge in [-0.2, -0.15) is 10.1 Å². The number of nitrogens with one attached hydrogen (secondary N) is 1. The van der Waals surface area contributed by atoms with Gasteiger partial charge in [-0.25, -0.2) is 0 Å². The standard InChI is InChI=1S/C16H17ClN4O/c1-9(15-10(2)19-20-11(15)3)8-14-18-16(21-22-14)12-6-4-5-7-13(12)17/h4-7,9H,8H2,1-3H3,(H,19,20). The van der Waals surface area contributed by atoms with E-state index >= 15 is 0 Å². The molecule has 0 saturated heterocycles. The average molecular weight is 317 g/mol. The Bertz CT molecular complexity index is 774. The van der Waals surface area contributed by atoms with E-state index in [1.54, 1.807) is 0 Å². The number of nitrogens with zero attached hydrogens (tertiary/aromatic N) is 3. The molecule has 0 saturated carbocycles. The molecule has 5 nitrogen and oxygen atoms in total. The van der Waals surface area contributed by atoms with Gasteiger partial charge in [0, 0.05) is 17.7 Å². The first kappa shape index (κ1) is 14.8. The lowest BCUT2D eigenvalue weighted by Crippen LogP contribution is -2.01. The molecule has 0 amide bonds. The highest BCUT2D eigenvalue weighted by Crippen LogP contribution is 2.28. The van der Waals surface area contributed by atoms with Crippen LogP contribution in [0.1, 0.15) is 35.7 Å². The lowest BCUT2D eigenvalue weighted by Gasteiger charge is -2.08. The van der Waals surface area contributed by atoms with Gasteiger partial charge in [0.2, 0.25) is 11.7 Å². The SMILES string of the molecule is Cc1n[nH]c(C)c1C(C)Cc1nc(-c2ccccc2Cl)no1. The van der Waals surface area contributed by atoms with Crippen molar-refractivity contribution in [2.45, 2.75) is 33.1 Å². The molecule has 114 valence electrons. The van der Waals surface area contributed by atoms with Crippen LogP contribution in [0.3, 0.4) is 0 Å². The third-order valence-electron chi connectivity index (χ3n) is 3.74. The van der Waals surface area contributed by atoms with Gasteiger partial charge < -0.3 is 4.52 Å². The van der Waals surface area contributed by atoms with Crippen molar-refractivity contribution >= 4 is 11.6 Å². The lowest BCUT2D eigenvalue weighted by molar-refractivity contribution is 0.371. The van der Waals surface area contributed by atoms with Crippen LogP contribution in [-0.4, -0.2) is 20.3 Å². The number of hydrogen-bond acceptors (Lipinski definition) is 4. The summed E-state index contributed by atoms with van der Waals surface area (Å²) in [6.45, 7) is 6.15. The molecule has 6 heteroatoms. The molecule has 0 aliphatic heterocycles. The molecule has 0 bridgehead atoms. The summed E-state index contributed by atoms with van der Waals surface area (Å²) in [4.78, 5) is 4.46. The van der Waals surface area contributed by atoms with Crippen LogP contribution in [0.25, 0.3) is 11.4 Å². The van der Waals surface area contributed by atoms with Crippen LogP contribution >= 0.6 is 11.6 Å². The molecule has 0 aliphatic carbocycles. The van der Waals surface area contributed by atoms with E-state index < -0.39 is 0 Å². The molecule has 3 aromatic rings. The van der Waals surface area contributed by atoms with Gasteiger partial charge in [-0.15, -0.1) is 0 Å². The third-order valence-corrected chi connectivity index (χ3v) is 4.07. The number of benzene rings is 1. The highest BCUT2D eigenvalue weighted by Gasteiger charge is 2.19. The molecule has 2 aromatic heterocycles. The second-order valence-electron chi connectivity index (χ2n) is 5.44. The topological polar surface area (TPSA) is 67.6 Å². The summed E-state index contributed by atoms with van der Waals surface area (Å²) < 4.78 is 5.37. The molecule has 22 heavy (non-hydrogen) atoms. The van der Waals surface area contributed by atoms with Crippen LogP contribution in [0.2, 0.25) is 5.02 Å². The van der Waals surface area contributed by atoms with Gasteiger partial charge in [0.25, 0.3) is 0 Å². The van der Waals surface area contributed by atoms with Crippen LogP contribution in [0, 0.1) is 13.8 Å². The van der Waals surface area contributed by atoms with E-state index in [0.29, 0.717) is 23.2 Å². The van der Waals surface area contributed by atoms with E-state index in [9.17, 15) is 0 Å². The van der Waals surface area contributed by atoms with Crippen LogP contribution in [0.4, 0.5) is 0 Å². The highest BCUT2D eigenvalue weighted by molar-refractivity contribution is 6.33. The summed E-state index contributed by atoms with van der Waals surface area (Å²) in [5, 5.41) is 11.9. The fourth-order valence-corrected chi connectivity index (χ4v) is 2.96. The van der Waals surface area contributed by atoms with E-state index in [1.807, 2.05) is 38.1 Å². The Morgan fingerprint density at radius 1 is 1.27 bits per heavy atom. The fraction of sp³-hybridized carbons (Fsp3) is 0.312. The van der Waals surface area contributed by atoms with Crippen LogP contribution < -0.4 is 0 Å². The van der Waals surface area contributed by atoms with Gasteiger partial charge in [0.15, 0.2) is 0 Å². The van der Waals surface area contributed by atoms with Gasteiger partial charge in [-0.3, -0.25) is 5.10 Å². The molecule has 0 radical (unpaired) electrons. The molecule has 2 heterocycles. The van der Waals surface area contributed by atoms with Gasteiger partial charge in [-0.05, 0) is 37.5 Å². The fourth-order valence-electron chi connectivity index (χ4n) is 2.74. The zero-order valence-electron chi connectivity index (χ0n) is 12.7.